The van der Waals surface area contributed by atoms with Crippen LogP contribution in [0.5, 0.6) is 5.75 Å². The fourth-order valence-corrected chi connectivity index (χ4v) is 3.48. The molecular formula is C15H18ClN3OS. The molecule has 1 aliphatic heterocycles. The van der Waals surface area contributed by atoms with Gasteiger partial charge < -0.3 is 15.0 Å². The highest BCUT2D eigenvalue weighted by Crippen LogP contribution is 2.33. The minimum atomic E-state index is 0.578. The van der Waals surface area contributed by atoms with E-state index in [9.17, 15) is 0 Å². The van der Waals surface area contributed by atoms with E-state index >= 15 is 0 Å². The third-order valence-corrected chi connectivity index (χ3v) is 4.73. The van der Waals surface area contributed by atoms with Crippen LogP contribution in [0.3, 0.4) is 0 Å². The number of thiazole rings is 1. The van der Waals surface area contributed by atoms with Gasteiger partial charge in [-0.2, -0.15) is 0 Å². The molecule has 0 radical (unpaired) electrons. The molecule has 1 aromatic carbocycles. The number of aromatic nitrogens is 1. The zero-order valence-electron chi connectivity index (χ0n) is 11.9. The van der Waals surface area contributed by atoms with E-state index in [0.717, 1.165) is 35.9 Å². The number of nitrogens with one attached hydrogen (secondary N) is 1. The van der Waals surface area contributed by atoms with Crippen molar-refractivity contribution in [2.24, 2.45) is 0 Å². The van der Waals surface area contributed by atoms with Gasteiger partial charge in [-0.3, -0.25) is 0 Å². The van der Waals surface area contributed by atoms with Crippen molar-refractivity contribution >= 4 is 34.3 Å². The third-order valence-electron chi connectivity index (χ3n) is 3.62. The van der Waals surface area contributed by atoms with Crippen LogP contribution < -0.4 is 15.0 Å². The Hall–Kier alpha value is -1.46. The second kappa shape index (κ2) is 6.54. The van der Waals surface area contributed by atoms with Crippen LogP contribution in [0.1, 0.15) is 17.7 Å². The molecule has 0 unspecified atom stereocenters. The lowest BCUT2D eigenvalue weighted by Gasteiger charge is -2.21. The van der Waals surface area contributed by atoms with Gasteiger partial charge in [0.05, 0.1) is 19.3 Å². The summed E-state index contributed by atoms with van der Waals surface area (Å²) in [6, 6.07) is 6.28. The van der Waals surface area contributed by atoms with Crippen LogP contribution in [0.25, 0.3) is 0 Å². The predicted molar refractivity (Wildman–Crippen MR) is 88.9 cm³/mol. The molecule has 1 N–H and O–H groups in total. The molecule has 0 amide bonds. The topological polar surface area (TPSA) is 37.4 Å². The first-order valence-electron chi connectivity index (χ1n) is 7.03. The first-order chi connectivity index (χ1) is 10.3. The molecule has 1 fully saturated rings. The van der Waals surface area contributed by atoms with Crippen molar-refractivity contribution in [3.63, 3.8) is 0 Å². The molecule has 3 rings (SSSR count). The van der Waals surface area contributed by atoms with Crippen molar-refractivity contribution < 1.29 is 4.74 Å². The maximum absolute atomic E-state index is 5.84. The molecule has 2 aromatic rings. The van der Waals surface area contributed by atoms with Crippen LogP contribution in [0.2, 0.25) is 4.47 Å². The monoisotopic (exact) mass is 323 g/mol. The standard InChI is InChI=1S/C15H18ClN3OS/c1-20-14-8-11(17-9-12-10-18-15(16)21-12)4-5-13(14)19-6-2-3-7-19/h4-5,8,10,17H,2-3,6-7,9H2,1H3. The Labute approximate surface area is 133 Å². The second-order valence-electron chi connectivity index (χ2n) is 5.01. The summed E-state index contributed by atoms with van der Waals surface area (Å²) in [7, 11) is 1.72. The van der Waals surface area contributed by atoms with Crippen LogP contribution in [-0.2, 0) is 6.54 Å². The van der Waals surface area contributed by atoms with E-state index in [-0.39, 0.29) is 0 Å². The van der Waals surface area contributed by atoms with Crippen LogP contribution in [0.4, 0.5) is 11.4 Å². The molecule has 0 atom stereocenters. The van der Waals surface area contributed by atoms with Crippen molar-refractivity contribution in [2.75, 3.05) is 30.4 Å². The van der Waals surface area contributed by atoms with Crippen molar-refractivity contribution in [3.05, 3.63) is 33.7 Å². The number of hydrogen-bond acceptors (Lipinski definition) is 5. The molecule has 2 heterocycles. The molecule has 4 nitrogen and oxygen atoms in total. The van der Waals surface area contributed by atoms with Gasteiger partial charge in [-0.25, -0.2) is 4.98 Å². The molecule has 1 aliphatic rings. The van der Waals surface area contributed by atoms with Crippen molar-refractivity contribution in [1.82, 2.24) is 4.98 Å². The highest BCUT2D eigenvalue weighted by atomic mass is 35.5. The maximum Gasteiger partial charge on any atom is 0.183 e. The zero-order valence-corrected chi connectivity index (χ0v) is 13.5. The van der Waals surface area contributed by atoms with Crippen molar-refractivity contribution in [3.8, 4) is 5.75 Å². The Morgan fingerprint density at radius 1 is 1.38 bits per heavy atom. The molecule has 0 saturated carbocycles. The molecule has 1 aromatic heterocycles. The molecular weight excluding hydrogens is 306 g/mol. The molecule has 0 aliphatic carbocycles. The van der Waals surface area contributed by atoms with E-state index in [0.29, 0.717) is 4.47 Å². The van der Waals surface area contributed by atoms with Gasteiger partial charge in [0.1, 0.15) is 5.75 Å². The SMILES string of the molecule is COc1cc(NCc2cnc(Cl)s2)ccc1N1CCCC1. The Morgan fingerprint density at radius 2 is 2.19 bits per heavy atom. The summed E-state index contributed by atoms with van der Waals surface area (Å²) >= 11 is 7.33. The summed E-state index contributed by atoms with van der Waals surface area (Å²) in [5, 5.41) is 3.38. The van der Waals surface area contributed by atoms with Crippen LogP contribution >= 0.6 is 22.9 Å². The molecule has 6 heteroatoms. The molecule has 1 saturated heterocycles. The van der Waals surface area contributed by atoms with E-state index in [1.807, 2.05) is 0 Å². The van der Waals surface area contributed by atoms with E-state index in [4.69, 9.17) is 16.3 Å². The summed E-state index contributed by atoms with van der Waals surface area (Å²) in [4.78, 5) is 7.54. The van der Waals surface area contributed by atoms with E-state index < -0.39 is 0 Å². The minimum absolute atomic E-state index is 0.578. The third kappa shape index (κ3) is 3.41. The van der Waals surface area contributed by atoms with E-state index in [1.54, 1.807) is 13.3 Å². The molecule has 21 heavy (non-hydrogen) atoms. The lowest BCUT2D eigenvalue weighted by atomic mass is 10.2. The number of benzene rings is 1. The predicted octanol–water partition coefficient (Wildman–Crippen LogP) is 4.02. The van der Waals surface area contributed by atoms with Crippen molar-refractivity contribution in [2.45, 2.75) is 19.4 Å². The number of methoxy groups -OCH3 is 1. The number of anilines is 2. The van der Waals surface area contributed by atoms with E-state index in [1.165, 1.54) is 29.9 Å². The van der Waals surface area contributed by atoms with Crippen LogP contribution in [-0.4, -0.2) is 25.2 Å². The summed E-state index contributed by atoms with van der Waals surface area (Å²) in [5.41, 5.74) is 2.22. The van der Waals surface area contributed by atoms with Gasteiger partial charge in [0.15, 0.2) is 4.47 Å². The number of rotatable bonds is 5. The number of halogens is 1. The first kappa shape index (κ1) is 14.5. The summed E-state index contributed by atoms with van der Waals surface area (Å²) < 4.78 is 6.12. The quantitative estimate of drug-likeness (QED) is 0.902. The Kier molecular flexibility index (Phi) is 4.51. The van der Waals surface area contributed by atoms with E-state index in [2.05, 4.69) is 33.4 Å². The largest absolute Gasteiger partial charge is 0.495 e. The Bertz CT molecular complexity index is 611. The van der Waals surface area contributed by atoms with Crippen molar-refractivity contribution in [1.29, 1.82) is 0 Å². The van der Waals surface area contributed by atoms with Gasteiger partial charge in [0.25, 0.3) is 0 Å². The second-order valence-corrected chi connectivity index (χ2v) is 6.71. The van der Waals surface area contributed by atoms with Gasteiger partial charge in [-0.15, -0.1) is 11.3 Å². The molecule has 0 bridgehead atoms. The normalized spacial score (nSPS) is 14.5. The first-order valence-corrected chi connectivity index (χ1v) is 8.23. The van der Waals surface area contributed by atoms with Gasteiger partial charge in [0.2, 0.25) is 0 Å². The summed E-state index contributed by atoms with van der Waals surface area (Å²) in [5.74, 6) is 0.921. The lowest BCUT2D eigenvalue weighted by Crippen LogP contribution is -2.18. The average molecular weight is 324 g/mol. The van der Waals surface area contributed by atoms with Gasteiger partial charge >= 0.3 is 0 Å². The Balaban J connectivity index is 1.71. The Morgan fingerprint density at radius 3 is 2.86 bits per heavy atom. The highest BCUT2D eigenvalue weighted by Gasteiger charge is 2.16. The summed E-state index contributed by atoms with van der Waals surface area (Å²) in [6.07, 6.45) is 4.32. The maximum atomic E-state index is 5.84. The number of nitrogens with zero attached hydrogens (tertiary/aromatic N) is 2. The van der Waals surface area contributed by atoms with Gasteiger partial charge in [-0.05, 0) is 25.0 Å². The average Bonchev–Trinajstić information content (AvgIpc) is 3.16. The number of hydrogen-bond donors (Lipinski definition) is 1. The fraction of sp³-hybridized carbons (Fsp3) is 0.400. The molecule has 0 spiro atoms. The summed E-state index contributed by atoms with van der Waals surface area (Å²) in [6.45, 7) is 2.95. The smallest absolute Gasteiger partial charge is 0.183 e. The highest BCUT2D eigenvalue weighted by molar-refractivity contribution is 7.15. The van der Waals surface area contributed by atoms with Gasteiger partial charge in [-0.1, -0.05) is 11.6 Å². The lowest BCUT2D eigenvalue weighted by molar-refractivity contribution is 0.415. The van der Waals surface area contributed by atoms with Crippen LogP contribution in [0.15, 0.2) is 24.4 Å². The van der Waals surface area contributed by atoms with Gasteiger partial charge in [0, 0.05) is 35.9 Å². The fourth-order valence-electron chi connectivity index (χ4n) is 2.56. The minimum Gasteiger partial charge on any atom is -0.495 e. The zero-order chi connectivity index (χ0) is 14.7. The molecule has 112 valence electrons. The van der Waals surface area contributed by atoms with Crippen LogP contribution in [0, 0.1) is 0 Å². The number of ether oxygens (including phenoxy) is 1.